The first kappa shape index (κ1) is 14.4. The minimum absolute atomic E-state index is 0.199. The Balaban J connectivity index is 2.22. The lowest BCUT2D eigenvalue weighted by atomic mass is 10.1. The summed E-state index contributed by atoms with van der Waals surface area (Å²) in [6.45, 7) is 0. The van der Waals surface area contributed by atoms with Crippen molar-refractivity contribution in [2.24, 2.45) is 7.05 Å². The molecule has 108 valence electrons. The molecule has 4 nitrogen and oxygen atoms in total. The first-order valence-corrected chi connectivity index (χ1v) is 5.91. The van der Waals surface area contributed by atoms with Gasteiger partial charge in [-0.2, -0.15) is 0 Å². The van der Waals surface area contributed by atoms with Gasteiger partial charge in [-0.25, -0.2) is 4.98 Å². The number of hydrogen-bond acceptors (Lipinski definition) is 3. The molecule has 0 fully saturated rings. The van der Waals surface area contributed by atoms with Gasteiger partial charge < -0.3 is 14.6 Å². The van der Waals surface area contributed by atoms with E-state index in [2.05, 4.69) is 15.0 Å². The van der Waals surface area contributed by atoms with Crippen molar-refractivity contribution < 1.29 is 17.9 Å². The number of alkyl halides is 3. The molecule has 0 radical (unpaired) electrons. The Morgan fingerprint density at radius 1 is 1.25 bits per heavy atom. The Morgan fingerprint density at radius 2 is 1.90 bits per heavy atom. The van der Waals surface area contributed by atoms with Gasteiger partial charge in [-0.05, 0) is 24.7 Å². The number of halogens is 3. The second kappa shape index (κ2) is 5.54. The van der Waals surface area contributed by atoms with Gasteiger partial charge in [0.25, 0.3) is 0 Å². The fourth-order valence-corrected chi connectivity index (χ4v) is 1.96. The van der Waals surface area contributed by atoms with Gasteiger partial charge in [-0.1, -0.05) is 12.1 Å². The zero-order valence-electron chi connectivity index (χ0n) is 11.0. The molecule has 7 heteroatoms. The summed E-state index contributed by atoms with van der Waals surface area (Å²) in [5.41, 5.74) is 0.802. The number of imidazole rings is 1. The molecule has 1 N–H and O–H groups in total. The Bertz CT molecular complexity index is 563. The van der Waals surface area contributed by atoms with Gasteiger partial charge in [0, 0.05) is 19.4 Å². The summed E-state index contributed by atoms with van der Waals surface area (Å²) < 4.78 is 42.0. The zero-order valence-corrected chi connectivity index (χ0v) is 11.0. The minimum atomic E-state index is -4.68. The lowest BCUT2D eigenvalue weighted by molar-refractivity contribution is -0.274. The maximum Gasteiger partial charge on any atom is 0.573 e. The highest BCUT2D eigenvalue weighted by atomic mass is 19.4. The Kier molecular flexibility index (Phi) is 3.99. The third-order valence-corrected chi connectivity index (χ3v) is 2.85. The largest absolute Gasteiger partial charge is 0.573 e. The quantitative estimate of drug-likeness (QED) is 0.938. The molecule has 0 saturated heterocycles. The maximum absolute atomic E-state index is 12.1. The highest BCUT2D eigenvalue weighted by molar-refractivity contribution is 5.32. The molecular formula is C13H14F3N3O. The van der Waals surface area contributed by atoms with Crippen LogP contribution in [0.5, 0.6) is 5.75 Å². The maximum atomic E-state index is 12.1. The summed E-state index contributed by atoms with van der Waals surface area (Å²) in [6.07, 6.45) is -1.20. The SMILES string of the molecule is CNC(c1ccc(OC(F)(F)F)cc1)c1nccn1C. The highest BCUT2D eigenvalue weighted by Crippen LogP contribution is 2.26. The Labute approximate surface area is 114 Å². The van der Waals surface area contributed by atoms with E-state index in [4.69, 9.17) is 0 Å². The van der Waals surface area contributed by atoms with Gasteiger partial charge >= 0.3 is 6.36 Å². The number of rotatable bonds is 4. The molecule has 0 bridgehead atoms. The number of hydrogen-bond donors (Lipinski definition) is 1. The van der Waals surface area contributed by atoms with Gasteiger partial charge in [-0.3, -0.25) is 0 Å². The highest BCUT2D eigenvalue weighted by Gasteiger charge is 2.31. The number of aryl methyl sites for hydroxylation is 1. The van der Waals surface area contributed by atoms with E-state index in [0.29, 0.717) is 0 Å². The molecule has 2 aromatic rings. The van der Waals surface area contributed by atoms with E-state index in [-0.39, 0.29) is 11.8 Å². The number of aromatic nitrogens is 2. The molecular weight excluding hydrogens is 271 g/mol. The minimum Gasteiger partial charge on any atom is -0.406 e. The van der Waals surface area contributed by atoms with Crippen LogP contribution in [0.2, 0.25) is 0 Å². The molecule has 1 atom stereocenters. The first-order valence-electron chi connectivity index (χ1n) is 5.91. The molecule has 1 aromatic heterocycles. The first-order chi connectivity index (χ1) is 9.40. The van der Waals surface area contributed by atoms with Crippen molar-refractivity contribution in [1.82, 2.24) is 14.9 Å². The van der Waals surface area contributed by atoms with Gasteiger partial charge in [0.05, 0.1) is 6.04 Å². The molecule has 2 rings (SSSR count). The van der Waals surface area contributed by atoms with Crippen molar-refractivity contribution in [2.45, 2.75) is 12.4 Å². The van der Waals surface area contributed by atoms with Crippen molar-refractivity contribution in [2.75, 3.05) is 7.05 Å². The summed E-state index contributed by atoms with van der Waals surface area (Å²) in [5, 5.41) is 3.08. The molecule has 0 saturated carbocycles. The molecule has 1 heterocycles. The molecule has 0 spiro atoms. The monoisotopic (exact) mass is 285 g/mol. The van der Waals surface area contributed by atoms with Gasteiger partial charge in [0.2, 0.25) is 0 Å². The summed E-state index contributed by atoms with van der Waals surface area (Å²) >= 11 is 0. The topological polar surface area (TPSA) is 39.1 Å². The van der Waals surface area contributed by atoms with Crippen LogP contribution in [-0.2, 0) is 7.05 Å². The fourth-order valence-electron chi connectivity index (χ4n) is 1.96. The molecule has 20 heavy (non-hydrogen) atoms. The van der Waals surface area contributed by atoms with Crippen LogP contribution in [0.15, 0.2) is 36.7 Å². The summed E-state index contributed by atoms with van der Waals surface area (Å²) in [5.74, 6) is 0.535. The average Bonchev–Trinajstić information content (AvgIpc) is 2.77. The van der Waals surface area contributed by atoms with E-state index in [1.54, 1.807) is 31.6 Å². The van der Waals surface area contributed by atoms with Crippen LogP contribution < -0.4 is 10.1 Å². The van der Waals surface area contributed by atoms with E-state index in [1.807, 2.05) is 11.6 Å². The van der Waals surface area contributed by atoms with E-state index < -0.39 is 6.36 Å². The summed E-state index contributed by atoms with van der Waals surface area (Å²) in [7, 11) is 3.62. The number of nitrogens with one attached hydrogen (secondary N) is 1. The van der Waals surface area contributed by atoms with Crippen molar-refractivity contribution in [1.29, 1.82) is 0 Å². The van der Waals surface area contributed by atoms with Crippen LogP contribution in [0.1, 0.15) is 17.4 Å². The van der Waals surface area contributed by atoms with Crippen LogP contribution >= 0.6 is 0 Å². The average molecular weight is 285 g/mol. The second-order valence-corrected chi connectivity index (χ2v) is 4.23. The van der Waals surface area contributed by atoms with E-state index in [0.717, 1.165) is 11.4 Å². The van der Waals surface area contributed by atoms with Gasteiger partial charge in [0.15, 0.2) is 0 Å². The van der Waals surface area contributed by atoms with Gasteiger partial charge in [-0.15, -0.1) is 13.2 Å². The lowest BCUT2D eigenvalue weighted by Gasteiger charge is -2.17. The zero-order chi connectivity index (χ0) is 14.8. The van der Waals surface area contributed by atoms with Crippen molar-refractivity contribution >= 4 is 0 Å². The van der Waals surface area contributed by atoms with Crippen molar-refractivity contribution in [3.63, 3.8) is 0 Å². The predicted molar refractivity (Wildman–Crippen MR) is 67.2 cm³/mol. The normalized spacial score (nSPS) is 13.2. The van der Waals surface area contributed by atoms with Crippen LogP contribution in [0.3, 0.4) is 0 Å². The number of nitrogens with zero attached hydrogens (tertiary/aromatic N) is 2. The number of benzene rings is 1. The molecule has 1 unspecified atom stereocenters. The smallest absolute Gasteiger partial charge is 0.406 e. The fraction of sp³-hybridized carbons (Fsp3) is 0.308. The third-order valence-electron chi connectivity index (χ3n) is 2.85. The van der Waals surface area contributed by atoms with E-state index >= 15 is 0 Å². The lowest BCUT2D eigenvalue weighted by Crippen LogP contribution is -2.21. The molecule has 0 amide bonds. The predicted octanol–water partition coefficient (Wildman–Crippen LogP) is 2.63. The van der Waals surface area contributed by atoms with Crippen molar-refractivity contribution in [3.05, 3.63) is 48.0 Å². The van der Waals surface area contributed by atoms with E-state index in [9.17, 15) is 13.2 Å². The summed E-state index contributed by atoms with van der Waals surface area (Å²) in [4.78, 5) is 4.23. The standard InChI is InChI=1S/C13H14F3N3O/c1-17-11(12-18-7-8-19(12)2)9-3-5-10(6-4-9)20-13(14,15)16/h3-8,11,17H,1-2H3. The summed E-state index contributed by atoms with van der Waals surface area (Å²) in [6, 6.07) is 5.54. The Hall–Kier alpha value is -2.02. The molecule has 0 aliphatic rings. The van der Waals surface area contributed by atoms with Gasteiger partial charge in [0.1, 0.15) is 11.6 Å². The van der Waals surface area contributed by atoms with Crippen LogP contribution in [-0.4, -0.2) is 23.0 Å². The second-order valence-electron chi connectivity index (χ2n) is 4.23. The third kappa shape index (κ3) is 3.30. The van der Waals surface area contributed by atoms with Crippen LogP contribution in [0, 0.1) is 0 Å². The number of ether oxygens (including phenoxy) is 1. The molecule has 0 aliphatic heterocycles. The Morgan fingerprint density at radius 3 is 2.35 bits per heavy atom. The van der Waals surface area contributed by atoms with Crippen molar-refractivity contribution in [3.8, 4) is 5.75 Å². The molecule has 1 aromatic carbocycles. The molecule has 0 aliphatic carbocycles. The van der Waals surface area contributed by atoms with E-state index in [1.165, 1.54) is 12.1 Å². The van der Waals surface area contributed by atoms with Crippen LogP contribution in [0.25, 0.3) is 0 Å². The van der Waals surface area contributed by atoms with Crippen LogP contribution in [0.4, 0.5) is 13.2 Å².